The third kappa shape index (κ3) is 4.29. The Bertz CT molecular complexity index is 489. The molecular weight excluding hydrogens is 304 g/mol. The van der Waals surface area contributed by atoms with Crippen LogP contribution in [0.2, 0.25) is 0 Å². The molecule has 96 valence electrons. The second kappa shape index (κ2) is 5.37. The number of hydrogen-bond donors (Lipinski definition) is 2. The molecule has 6 heteroatoms. The van der Waals surface area contributed by atoms with Crippen LogP contribution in [-0.2, 0) is 10.2 Å². The molecule has 0 fully saturated rings. The number of halogens is 1. The Hall–Kier alpha value is -0.590. The van der Waals surface area contributed by atoms with E-state index in [-0.39, 0.29) is 6.04 Å². The van der Waals surface area contributed by atoms with Gasteiger partial charge in [-0.15, -0.1) is 0 Å². The van der Waals surface area contributed by atoms with Gasteiger partial charge >= 0.3 is 0 Å². The zero-order valence-corrected chi connectivity index (χ0v) is 12.7. The molecule has 1 rings (SSSR count). The summed E-state index contributed by atoms with van der Waals surface area (Å²) < 4.78 is 29.5. The Morgan fingerprint density at radius 1 is 1.18 bits per heavy atom. The summed E-state index contributed by atoms with van der Waals surface area (Å²) in [6.45, 7) is 7.29. The highest BCUT2D eigenvalue weighted by atomic mass is 79.9. The summed E-state index contributed by atoms with van der Waals surface area (Å²) in [6.07, 6.45) is 0. The Balaban J connectivity index is 3.04. The van der Waals surface area contributed by atoms with Gasteiger partial charge in [0.2, 0.25) is 0 Å². The third-order valence-corrected chi connectivity index (χ3v) is 3.84. The third-order valence-electron chi connectivity index (χ3n) is 2.12. The van der Waals surface area contributed by atoms with E-state index in [4.69, 9.17) is 0 Å². The fraction of sp³-hybridized carbons (Fsp3) is 0.455. The Morgan fingerprint density at radius 3 is 2.06 bits per heavy atom. The van der Waals surface area contributed by atoms with E-state index in [1.165, 1.54) is 0 Å². The maximum Gasteiger partial charge on any atom is 0.299 e. The average molecular weight is 321 g/mol. The van der Waals surface area contributed by atoms with Crippen molar-refractivity contribution in [2.75, 3.05) is 4.72 Å². The molecule has 17 heavy (non-hydrogen) atoms. The fourth-order valence-electron chi connectivity index (χ4n) is 1.55. The van der Waals surface area contributed by atoms with E-state index in [1.54, 1.807) is 13.8 Å². The molecule has 0 saturated heterocycles. The average Bonchev–Trinajstić information content (AvgIpc) is 2.09. The van der Waals surface area contributed by atoms with Gasteiger partial charge in [-0.05, 0) is 51.0 Å². The second-order valence-corrected chi connectivity index (χ2v) is 6.66. The summed E-state index contributed by atoms with van der Waals surface area (Å²) in [7, 11) is -3.51. The highest BCUT2D eigenvalue weighted by Crippen LogP contribution is 2.25. The lowest BCUT2D eigenvalue weighted by atomic mass is 10.1. The minimum Gasteiger partial charge on any atom is -0.271 e. The molecule has 2 N–H and O–H groups in total. The molecule has 1 aromatic rings. The molecule has 0 bridgehead atoms. The molecule has 0 aliphatic carbocycles. The number of anilines is 1. The van der Waals surface area contributed by atoms with Crippen LogP contribution in [0.25, 0.3) is 0 Å². The molecule has 0 unspecified atom stereocenters. The molecule has 0 spiro atoms. The Labute approximate surface area is 111 Å². The number of nitrogens with one attached hydrogen (secondary N) is 2. The van der Waals surface area contributed by atoms with Crippen LogP contribution < -0.4 is 9.44 Å². The van der Waals surface area contributed by atoms with Gasteiger partial charge in [0, 0.05) is 10.5 Å². The molecule has 4 nitrogen and oxygen atoms in total. The maximum absolute atomic E-state index is 11.8. The van der Waals surface area contributed by atoms with Gasteiger partial charge in [0.1, 0.15) is 0 Å². The molecule has 0 radical (unpaired) electrons. The SMILES string of the molecule is Cc1cc(Br)cc(C)c1NS(=O)(=O)NC(C)C. The van der Waals surface area contributed by atoms with Crippen LogP contribution in [0.4, 0.5) is 5.69 Å². The van der Waals surface area contributed by atoms with E-state index in [0.29, 0.717) is 5.69 Å². The number of benzene rings is 1. The largest absolute Gasteiger partial charge is 0.299 e. The monoisotopic (exact) mass is 320 g/mol. The lowest BCUT2D eigenvalue weighted by molar-refractivity contribution is 0.575. The van der Waals surface area contributed by atoms with E-state index in [0.717, 1.165) is 15.6 Å². The molecule has 0 saturated carbocycles. The summed E-state index contributed by atoms with van der Waals surface area (Å²) in [5.41, 5.74) is 2.39. The maximum atomic E-state index is 11.8. The van der Waals surface area contributed by atoms with Crippen LogP contribution in [0.1, 0.15) is 25.0 Å². The van der Waals surface area contributed by atoms with Gasteiger partial charge in [-0.25, -0.2) is 0 Å². The van der Waals surface area contributed by atoms with Crippen LogP contribution in [0.15, 0.2) is 16.6 Å². The second-order valence-electron chi connectivity index (χ2n) is 4.29. The van der Waals surface area contributed by atoms with Crippen molar-refractivity contribution in [2.24, 2.45) is 0 Å². The van der Waals surface area contributed by atoms with E-state index < -0.39 is 10.2 Å². The normalized spacial score (nSPS) is 11.9. The fourth-order valence-corrected chi connectivity index (χ4v) is 3.50. The van der Waals surface area contributed by atoms with Crippen molar-refractivity contribution in [2.45, 2.75) is 33.7 Å². The minimum atomic E-state index is -3.51. The first-order valence-electron chi connectivity index (χ1n) is 5.28. The summed E-state index contributed by atoms with van der Waals surface area (Å²) in [5.74, 6) is 0. The summed E-state index contributed by atoms with van der Waals surface area (Å²) >= 11 is 3.37. The van der Waals surface area contributed by atoms with Crippen LogP contribution >= 0.6 is 15.9 Å². The molecule has 0 amide bonds. The highest BCUT2D eigenvalue weighted by Gasteiger charge is 2.14. The van der Waals surface area contributed by atoms with Gasteiger partial charge in [0.15, 0.2) is 0 Å². The molecule has 0 atom stereocenters. The van der Waals surface area contributed by atoms with E-state index in [9.17, 15) is 8.42 Å². The van der Waals surface area contributed by atoms with Crippen LogP contribution in [0.5, 0.6) is 0 Å². The Kier molecular flexibility index (Phi) is 4.57. The zero-order valence-electron chi connectivity index (χ0n) is 10.3. The molecular formula is C11H17BrN2O2S. The van der Waals surface area contributed by atoms with E-state index in [1.807, 2.05) is 26.0 Å². The van der Waals surface area contributed by atoms with Gasteiger partial charge < -0.3 is 0 Å². The first kappa shape index (κ1) is 14.5. The molecule has 0 aliphatic heterocycles. The molecule has 1 aromatic carbocycles. The predicted molar refractivity (Wildman–Crippen MR) is 74.4 cm³/mol. The molecule has 0 aliphatic rings. The molecule has 0 aromatic heterocycles. The van der Waals surface area contributed by atoms with Crippen molar-refractivity contribution in [3.63, 3.8) is 0 Å². The Morgan fingerprint density at radius 2 is 1.65 bits per heavy atom. The van der Waals surface area contributed by atoms with Crippen molar-refractivity contribution in [1.29, 1.82) is 0 Å². The minimum absolute atomic E-state index is 0.136. The van der Waals surface area contributed by atoms with Gasteiger partial charge in [-0.2, -0.15) is 13.1 Å². The first-order chi connectivity index (χ1) is 7.71. The van der Waals surface area contributed by atoms with Crippen LogP contribution in [0, 0.1) is 13.8 Å². The summed E-state index contributed by atoms with van der Waals surface area (Å²) in [4.78, 5) is 0. The van der Waals surface area contributed by atoms with Crippen molar-refractivity contribution in [1.82, 2.24) is 4.72 Å². The zero-order chi connectivity index (χ0) is 13.2. The van der Waals surface area contributed by atoms with Crippen molar-refractivity contribution < 1.29 is 8.42 Å². The quantitative estimate of drug-likeness (QED) is 0.896. The van der Waals surface area contributed by atoms with E-state index in [2.05, 4.69) is 25.4 Å². The standard InChI is InChI=1S/C11H17BrN2O2S/c1-7(2)13-17(15,16)14-11-8(3)5-10(12)6-9(11)4/h5-7,13-14H,1-4H3. The van der Waals surface area contributed by atoms with E-state index >= 15 is 0 Å². The molecule has 0 heterocycles. The first-order valence-corrected chi connectivity index (χ1v) is 7.55. The van der Waals surface area contributed by atoms with Crippen molar-refractivity contribution in [3.8, 4) is 0 Å². The number of hydrogen-bond acceptors (Lipinski definition) is 2. The lowest BCUT2D eigenvalue weighted by Gasteiger charge is -2.15. The highest BCUT2D eigenvalue weighted by molar-refractivity contribution is 9.10. The van der Waals surface area contributed by atoms with Crippen LogP contribution in [0.3, 0.4) is 0 Å². The summed E-state index contributed by atoms with van der Waals surface area (Å²) in [6, 6.07) is 3.61. The lowest BCUT2D eigenvalue weighted by Crippen LogP contribution is -2.35. The summed E-state index contributed by atoms with van der Waals surface area (Å²) in [5, 5.41) is 0. The van der Waals surface area contributed by atoms with Gasteiger partial charge in [-0.3, -0.25) is 4.72 Å². The number of rotatable bonds is 4. The van der Waals surface area contributed by atoms with Crippen LogP contribution in [-0.4, -0.2) is 14.5 Å². The van der Waals surface area contributed by atoms with Gasteiger partial charge in [0.25, 0.3) is 10.2 Å². The van der Waals surface area contributed by atoms with Crippen molar-refractivity contribution >= 4 is 31.8 Å². The topological polar surface area (TPSA) is 58.2 Å². The van der Waals surface area contributed by atoms with Crippen molar-refractivity contribution in [3.05, 3.63) is 27.7 Å². The number of aryl methyl sites for hydroxylation is 2. The predicted octanol–water partition coefficient (Wildman–Crippen LogP) is 2.72. The smallest absolute Gasteiger partial charge is 0.271 e. The van der Waals surface area contributed by atoms with Gasteiger partial charge in [0.05, 0.1) is 5.69 Å². The van der Waals surface area contributed by atoms with Gasteiger partial charge in [-0.1, -0.05) is 15.9 Å².